The number of aromatic amines is 1. The molecule has 2 rings (SSSR count). The van der Waals surface area contributed by atoms with Crippen molar-refractivity contribution in [2.75, 3.05) is 0 Å². The number of hydrogen-bond acceptors (Lipinski definition) is 1. The van der Waals surface area contributed by atoms with Crippen LogP contribution in [-0.2, 0) is 5.41 Å². The minimum atomic E-state index is 0.0263. The fourth-order valence-electron chi connectivity index (χ4n) is 3.29. The first-order valence-electron chi connectivity index (χ1n) is 8.12. The third kappa shape index (κ3) is 3.74. The SMILES string of the molecule is CC(C)(/C=C/C(C)(C)C1CCCCCC1)c1ccn[nH]1. The molecule has 1 fully saturated rings. The fourth-order valence-corrected chi connectivity index (χ4v) is 3.29. The van der Waals surface area contributed by atoms with Crippen LogP contribution in [-0.4, -0.2) is 10.2 Å². The number of nitrogens with zero attached hydrogens (tertiary/aromatic N) is 1. The average Bonchev–Trinajstić information content (AvgIpc) is 2.80. The van der Waals surface area contributed by atoms with Crippen LogP contribution in [0.3, 0.4) is 0 Å². The number of aromatic nitrogens is 2. The summed E-state index contributed by atoms with van der Waals surface area (Å²) < 4.78 is 0. The summed E-state index contributed by atoms with van der Waals surface area (Å²) in [7, 11) is 0. The zero-order valence-corrected chi connectivity index (χ0v) is 13.6. The normalized spacial score (nSPS) is 19.4. The summed E-state index contributed by atoms with van der Waals surface area (Å²) in [6.45, 7) is 9.31. The Morgan fingerprint density at radius 2 is 1.70 bits per heavy atom. The van der Waals surface area contributed by atoms with Crippen LogP contribution in [0.25, 0.3) is 0 Å². The van der Waals surface area contributed by atoms with Crippen molar-refractivity contribution in [2.24, 2.45) is 11.3 Å². The largest absolute Gasteiger partial charge is 0.282 e. The van der Waals surface area contributed by atoms with Crippen LogP contribution in [0.2, 0.25) is 0 Å². The molecule has 0 saturated heterocycles. The Morgan fingerprint density at radius 3 is 2.25 bits per heavy atom. The first-order valence-corrected chi connectivity index (χ1v) is 8.12. The summed E-state index contributed by atoms with van der Waals surface area (Å²) in [4.78, 5) is 0. The molecule has 1 heterocycles. The molecule has 1 aromatic heterocycles. The molecule has 0 spiro atoms. The van der Waals surface area contributed by atoms with Gasteiger partial charge in [-0.2, -0.15) is 5.10 Å². The summed E-state index contributed by atoms with van der Waals surface area (Å²) in [6.07, 6.45) is 15.1. The maximum atomic E-state index is 4.08. The second-order valence-electron chi connectivity index (χ2n) is 7.54. The highest BCUT2D eigenvalue weighted by molar-refractivity contribution is 5.21. The molecule has 1 aliphatic rings. The van der Waals surface area contributed by atoms with Gasteiger partial charge < -0.3 is 0 Å². The molecular weight excluding hydrogens is 244 g/mol. The van der Waals surface area contributed by atoms with Crippen molar-refractivity contribution in [3.8, 4) is 0 Å². The van der Waals surface area contributed by atoms with E-state index in [4.69, 9.17) is 0 Å². The van der Waals surface area contributed by atoms with Gasteiger partial charge in [0.2, 0.25) is 0 Å². The highest BCUT2D eigenvalue weighted by Crippen LogP contribution is 2.39. The Labute approximate surface area is 124 Å². The first kappa shape index (κ1) is 15.3. The summed E-state index contributed by atoms with van der Waals surface area (Å²) >= 11 is 0. The Balaban J connectivity index is 2.08. The Hall–Kier alpha value is -1.05. The van der Waals surface area contributed by atoms with E-state index < -0.39 is 0 Å². The van der Waals surface area contributed by atoms with Crippen molar-refractivity contribution >= 4 is 0 Å². The maximum Gasteiger partial charge on any atom is 0.0490 e. The van der Waals surface area contributed by atoms with E-state index in [9.17, 15) is 0 Å². The zero-order valence-electron chi connectivity index (χ0n) is 13.6. The van der Waals surface area contributed by atoms with Crippen LogP contribution in [0.4, 0.5) is 0 Å². The highest BCUT2D eigenvalue weighted by Gasteiger charge is 2.28. The average molecular weight is 274 g/mol. The molecule has 20 heavy (non-hydrogen) atoms. The van der Waals surface area contributed by atoms with Crippen LogP contribution in [0.5, 0.6) is 0 Å². The van der Waals surface area contributed by atoms with E-state index in [0.717, 1.165) is 5.92 Å². The van der Waals surface area contributed by atoms with Crippen molar-refractivity contribution in [1.82, 2.24) is 10.2 Å². The molecule has 0 unspecified atom stereocenters. The molecule has 1 aliphatic carbocycles. The van der Waals surface area contributed by atoms with Gasteiger partial charge in [0.05, 0.1) is 0 Å². The van der Waals surface area contributed by atoms with Crippen molar-refractivity contribution in [3.05, 3.63) is 30.1 Å². The molecule has 1 saturated carbocycles. The number of nitrogens with one attached hydrogen (secondary N) is 1. The van der Waals surface area contributed by atoms with E-state index in [1.165, 1.54) is 44.2 Å². The van der Waals surface area contributed by atoms with Gasteiger partial charge in [-0.15, -0.1) is 0 Å². The lowest BCUT2D eigenvalue weighted by molar-refractivity contribution is 0.251. The van der Waals surface area contributed by atoms with Crippen LogP contribution in [0.1, 0.15) is 71.9 Å². The molecule has 0 radical (unpaired) electrons. The van der Waals surface area contributed by atoms with E-state index in [2.05, 4.69) is 56.1 Å². The van der Waals surface area contributed by atoms with Gasteiger partial charge in [-0.3, -0.25) is 5.10 Å². The first-order chi connectivity index (χ1) is 9.42. The molecular formula is C18H30N2. The number of rotatable bonds is 4. The van der Waals surface area contributed by atoms with Gasteiger partial charge in [-0.25, -0.2) is 0 Å². The number of H-pyrrole nitrogens is 1. The molecule has 112 valence electrons. The maximum absolute atomic E-state index is 4.08. The second kappa shape index (κ2) is 6.15. The van der Waals surface area contributed by atoms with E-state index in [1.807, 2.05) is 6.20 Å². The van der Waals surface area contributed by atoms with Crippen molar-refractivity contribution in [2.45, 2.75) is 71.6 Å². The molecule has 2 heteroatoms. The highest BCUT2D eigenvalue weighted by atomic mass is 15.1. The van der Waals surface area contributed by atoms with Crippen LogP contribution < -0.4 is 0 Å². The van der Waals surface area contributed by atoms with E-state index in [0.29, 0.717) is 5.41 Å². The van der Waals surface area contributed by atoms with Gasteiger partial charge in [0.25, 0.3) is 0 Å². The number of hydrogen-bond donors (Lipinski definition) is 1. The predicted molar refractivity (Wildman–Crippen MR) is 85.7 cm³/mol. The molecule has 0 amide bonds. The number of allylic oxidation sites excluding steroid dienone is 2. The van der Waals surface area contributed by atoms with Crippen molar-refractivity contribution in [3.63, 3.8) is 0 Å². The molecule has 1 aromatic rings. The molecule has 0 aromatic carbocycles. The van der Waals surface area contributed by atoms with Gasteiger partial charge in [0.1, 0.15) is 0 Å². The molecule has 0 atom stereocenters. The second-order valence-corrected chi connectivity index (χ2v) is 7.54. The summed E-state index contributed by atoms with van der Waals surface area (Å²) in [5.41, 5.74) is 1.51. The lowest BCUT2D eigenvalue weighted by Crippen LogP contribution is -2.23. The smallest absolute Gasteiger partial charge is 0.0490 e. The third-order valence-electron chi connectivity index (χ3n) is 5.03. The Morgan fingerprint density at radius 1 is 1.05 bits per heavy atom. The summed E-state index contributed by atoms with van der Waals surface area (Å²) in [6, 6.07) is 2.07. The molecule has 2 nitrogen and oxygen atoms in total. The van der Waals surface area contributed by atoms with E-state index in [1.54, 1.807) is 0 Å². The van der Waals surface area contributed by atoms with Gasteiger partial charge in [-0.05, 0) is 30.2 Å². The summed E-state index contributed by atoms with van der Waals surface area (Å²) in [5, 5.41) is 7.18. The van der Waals surface area contributed by atoms with Crippen LogP contribution >= 0.6 is 0 Å². The molecule has 1 N–H and O–H groups in total. The van der Waals surface area contributed by atoms with Gasteiger partial charge in [-0.1, -0.05) is 65.5 Å². The van der Waals surface area contributed by atoms with Gasteiger partial charge in [0.15, 0.2) is 0 Å². The quantitative estimate of drug-likeness (QED) is 0.590. The van der Waals surface area contributed by atoms with Crippen LogP contribution in [0, 0.1) is 11.3 Å². The summed E-state index contributed by atoms with van der Waals surface area (Å²) in [5.74, 6) is 0.832. The van der Waals surface area contributed by atoms with Crippen molar-refractivity contribution in [1.29, 1.82) is 0 Å². The zero-order chi connectivity index (χ0) is 14.6. The monoisotopic (exact) mass is 274 g/mol. The minimum Gasteiger partial charge on any atom is -0.282 e. The van der Waals surface area contributed by atoms with Gasteiger partial charge in [0, 0.05) is 17.3 Å². The van der Waals surface area contributed by atoms with Crippen molar-refractivity contribution < 1.29 is 0 Å². The third-order valence-corrected chi connectivity index (χ3v) is 5.03. The Bertz CT molecular complexity index is 418. The van der Waals surface area contributed by atoms with Crippen LogP contribution in [0.15, 0.2) is 24.4 Å². The molecule has 0 bridgehead atoms. The van der Waals surface area contributed by atoms with Gasteiger partial charge >= 0.3 is 0 Å². The lowest BCUT2D eigenvalue weighted by atomic mass is 9.73. The fraction of sp³-hybridized carbons (Fsp3) is 0.722. The minimum absolute atomic E-state index is 0.0263. The Kier molecular flexibility index (Phi) is 4.72. The topological polar surface area (TPSA) is 28.7 Å². The van der Waals surface area contributed by atoms with E-state index in [-0.39, 0.29) is 5.41 Å². The lowest BCUT2D eigenvalue weighted by Gasteiger charge is -2.32. The molecule has 0 aliphatic heterocycles. The predicted octanol–water partition coefficient (Wildman–Crippen LogP) is 5.24. The standard InChI is InChI=1S/C18H30N2/c1-17(2,15-9-7-5-6-8-10-15)12-13-18(3,4)16-11-14-19-20-16/h11-15H,5-10H2,1-4H3,(H,19,20)/b13-12+. The van der Waals surface area contributed by atoms with E-state index >= 15 is 0 Å².